The van der Waals surface area contributed by atoms with Crippen LogP contribution in [0.25, 0.3) is 0 Å². The predicted octanol–water partition coefficient (Wildman–Crippen LogP) is 0.908. The van der Waals surface area contributed by atoms with Crippen LogP contribution in [-0.4, -0.2) is 43.4 Å². The molecule has 0 spiro atoms. The van der Waals surface area contributed by atoms with Crippen molar-refractivity contribution in [1.82, 2.24) is 5.01 Å². The van der Waals surface area contributed by atoms with E-state index in [0.717, 1.165) is 38.8 Å². The minimum Gasteiger partial charge on any atom is -0.364 e. The Hall–Kier alpha value is -1.89. The summed E-state index contributed by atoms with van der Waals surface area (Å²) in [5.74, 6) is -0.607. The number of sulfone groups is 1. The molecule has 6 nitrogen and oxygen atoms in total. The minimum atomic E-state index is -3.22. The lowest BCUT2D eigenvalue weighted by molar-refractivity contribution is -0.112. The lowest BCUT2D eigenvalue weighted by atomic mass is 10.1. The molecule has 0 atom stereocenters. The lowest BCUT2D eigenvalue weighted by Gasteiger charge is -2.13. The zero-order valence-electron chi connectivity index (χ0n) is 12.2. The monoisotopic (exact) mass is 321 g/mol. The topological polar surface area (TPSA) is 92.8 Å². The van der Waals surface area contributed by atoms with Gasteiger partial charge in [-0.15, -0.1) is 0 Å². The number of hydrogen-bond donors (Lipinski definition) is 1. The Kier molecular flexibility index (Phi) is 3.90. The smallest absolute Gasteiger partial charge is 0.269 e. The average Bonchev–Trinajstić information content (AvgIpc) is 3.24. The summed E-state index contributed by atoms with van der Waals surface area (Å²) in [5, 5.41) is 5.90. The molecular weight excluding hydrogens is 302 g/mol. The lowest BCUT2D eigenvalue weighted by Crippen LogP contribution is -2.28. The highest BCUT2D eigenvalue weighted by Gasteiger charge is 2.36. The zero-order chi connectivity index (χ0) is 15.7. The number of nitrogens with two attached hydrogens (primary N) is 1. The number of benzene rings is 1. The van der Waals surface area contributed by atoms with E-state index in [2.05, 4.69) is 5.10 Å². The van der Waals surface area contributed by atoms with Gasteiger partial charge in [0, 0.05) is 18.7 Å². The second-order valence-electron chi connectivity index (χ2n) is 5.74. The number of amides is 1. The molecule has 0 unspecified atom stereocenters. The van der Waals surface area contributed by atoms with E-state index >= 15 is 0 Å². The molecule has 7 heteroatoms. The van der Waals surface area contributed by atoms with E-state index < -0.39 is 15.7 Å². The first-order valence-electron chi connectivity index (χ1n) is 7.46. The Balaban J connectivity index is 1.87. The molecule has 0 radical (unpaired) electrons. The molecule has 1 saturated carbocycles. The van der Waals surface area contributed by atoms with Crippen molar-refractivity contribution in [2.45, 2.75) is 35.8 Å². The van der Waals surface area contributed by atoms with E-state index in [1.807, 2.05) is 5.01 Å². The van der Waals surface area contributed by atoms with Crippen molar-refractivity contribution >= 4 is 21.5 Å². The number of carbonyl (C=O) groups excluding carboxylic acids is 1. The Morgan fingerprint density at radius 3 is 2.23 bits per heavy atom. The Morgan fingerprint density at radius 2 is 1.73 bits per heavy atom. The van der Waals surface area contributed by atoms with Crippen molar-refractivity contribution in [3.63, 3.8) is 0 Å². The van der Waals surface area contributed by atoms with Gasteiger partial charge in [0.25, 0.3) is 5.91 Å². The van der Waals surface area contributed by atoms with Crippen LogP contribution in [0.1, 0.15) is 31.2 Å². The van der Waals surface area contributed by atoms with Crippen molar-refractivity contribution < 1.29 is 13.2 Å². The quantitative estimate of drug-likeness (QED) is 0.816. The van der Waals surface area contributed by atoms with Crippen LogP contribution < -0.4 is 5.73 Å². The third-order valence-corrected chi connectivity index (χ3v) is 6.26. The fourth-order valence-electron chi connectivity index (χ4n) is 2.56. The van der Waals surface area contributed by atoms with Crippen molar-refractivity contribution in [2.24, 2.45) is 10.8 Å². The van der Waals surface area contributed by atoms with Gasteiger partial charge in [0.15, 0.2) is 15.5 Å². The van der Waals surface area contributed by atoms with Crippen molar-refractivity contribution in [3.8, 4) is 0 Å². The Morgan fingerprint density at radius 1 is 1.14 bits per heavy atom. The third-order valence-electron chi connectivity index (χ3n) is 3.98. The van der Waals surface area contributed by atoms with Gasteiger partial charge in [-0.1, -0.05) is 12.1 Å². The maximum Gasteiger partial charge on any atom is 0.269 e. The molecule has 2 N–H and O–H groups in total. The highest BCUT2D eigenvalue weighted by molar-refractivity contribution is 7.92. The standard InChI is InChI=1S/C15H19N3O3S/c16-15(19)14(17-18-9-1-2-10-18)11-3-5-12(6-4-11)22(20,21)13-7-8-13/h3-6,13H,1-2,7-10H2,(H2,16,19)/b17-14+. The average molecular weight is 321 g/mol. The van der Waals surface area contributed by atoms with Gasteiger partial charge in [0.2, 0.25) is 0 Å². The van der Waals surface area contributed by atoms with Crippen LogP contribution in [0, 0.1) is 0 Å². The Bertz CT molecular complexity index is 700. The summed E-state index contributed by atoms with van der Waals surface area (Å²) in [6, 6.07) is 6.28. The molecule has 0 bridgehead atoms. The summed E-state index contributed by atoms with van der Waals surface area (Å²) in [5.41, 5.74) is 6.14. The molecule has 1 aliphatic heterocycles. The largest absolute Gasteiger partial charge is 0.364 e. The van der Waals surface area contributed by atoms with Crippen molar-refractivity contribution in [3.05, 3.63) is 29.8 Å². The first kappa shape index (κ1) is 15.0. The van der Waals surface area contributed by atoms with Gasteiger partial charge in [0.1, 0.15) is 0 Å². The van der Waals surface area contributed by atoms with E-state index in [-0.39, 0.29) is 11.0 Å². The number of hydrazone groups is 1. The number of hydrogen-bond acceptors (Lipinski definition) is 5. The minimum absolute atomic E-state index is 0.178. The number of primary amides is 1. The molecule has 1 aromatic carbocycles. The van der Waals surface area contributed by atoms with Crippen molar-refractivity contribution in [1.29, 1.82) is 0 Å². The van der Waals surface area contributed by atoms with Crippen LogP contribution >= 0.6 is 0 Å². The fraction of sp³-hybridized carbons (Fsp3) is 0.467. The molecular formula is C15H19N3O3S. The molecule has 1 heterocycles. The number of nitrogens with zero attached hydrogens (tertiary/aromatic N) is 2. The summed E-state index contributed by atoms with van der Waals surface area (Å²) in [7, 11) is -3.22. The fourth-order valence-corrected chi connectivity index (χ4v) is 4.22. The van der Waals surface area contributed by atoms with E-state index in [4.69, 9.17) is 5.73 Å². The zero-order valence-corrected chi connectivity index (χ0v) is 13.1. The van der Waals surface area contributed by atoms with Crippen LogP contribution in [0.2, 0.25) is 0 Å². The number of rotatable bonds is 5. The maximum absolute atomic E-state index is 12.2. The summed E-state index contributed by atoms with van der Waals surface area (Å²) in [6.45, 7) is 1.62. The molecule has 3 rings (SSSR count). The van der Waals surface area contributed by atoms with E-state index in [1.165, 1.54) is 12.1 Å². The van der Waals surface area contributed by atoms with Gasteiger partial charge in [-0.2, -0.15) is 5.10 Å². The van der Waals surface area contributed by atoms with Gasteiger partial charge in [0.05, 0.1) is 10.1 Å². The highest BCUT2D eigenvalue weighted by Crippen LogP contribution is 2.33. The summed E-state index contributed by atoms with van der Waals surface area (Å²) < 4.78 is 24.3. The summed E-state index contributed by atoms with van der Waals surface area (Å²) in [6.07, 6.45) is 3.56. The van der Waals surface area contributed by atoms with Crippen LogP contribution in [0.5, 0.6) is 0 Å². The molecule has 1 saturated heterocycles. The molecule has 2 fully saturated rings. The highest BCUT2D eigenvalue weighted by atomic mass is 32.2. The molecule has 2 aliphatic rings. The molecule has 0 aromatic heterocycles. The normalized spacial score (nSPS) is 19.5. The van der Waals surface area contributed by atoms with Gasteiger partial charge in [-0.3, -0.25) is 9.80 Å². The predicted molar refractivity (Wildman–Crippen MR) is 83.2 cm³/mol. The molecule has 1 aromatic rings. The maximum atomic E-state index is 12.2. The second-order valence-corrected chi connectivity index (χ2v) is 7.97. The SMILES string of the molecule is NC(=O)/C(=N/N1CCCC1)c1ccc(S(=O)(=O)C2CC2)cc1. The van der Waals surface area contributed by atoms with Crippen LogP contribution in [0.3, 0.4) is 0 Å². The summed E-state index contributed by atoms with van der Waals surface area (Å²) in [4.78, 5) is 11.9. The van der Waals surface area contributed by atoms with Crippen LogP contribution in [-0.2, 0) is 14.6 Å². The van der Waals surface area contributed by atoms with Crippen LogP contribution in [0.15, 0.2) is 34.3 Å². The van der Waals surface area contributed by atoms with Crippen LogP contribution in [0.4, 0.5) is 0 Å². The van der Waals surface area contributed by atoms with Gasteiger partial charge in [-0.25, -0.2) is 8.42 Å². The first-order chi connectivity index (χ1) is 10.5. The first-order valence-corrected chi connectivity index (χ1v) is 9.01. The molecule has 22 heavy (non-hydrogen) atoms. The summed E-state index contributed by atoms with van der Waals surface area (Å²) >= 11 is 0. The third kappa shape index (κ3) is 2.99. The number of carbonyl (C=O) groups is 1. The van der Waals surface area contributed by atoms with Crippen molar-refractivity contribution in [2.75, 3.05) is 13.1 Å². The van der Waals surface area contributed by atoms with E-state index in [9.17, 15) is 13.2 Å². The molecule has 118 valence electrons. The van der Waals surface area contributed by atoms with Gasteiger partial charge in [-0.05, 0) is 37.8 Å². The second kappa shape index (κ2) is 5.72. The van der Waals surface area contributed by atoms with Gasteiger partial charge >= 0.3 is 0 Å². The Labute approximate surface area is 129 Å². The van der Waals surface area contributed by atoms with Gasteiger partial charge < -0.3 is 5.73 Å². The van der Waals surface area contributed by atoms with E-state index in [1.54, 1.807) is 12.1 Å². The van der Waals surface area contributed by atoms with E-state index in [0.29, 0.717) is 10.5 Å². The molecule has 1 aliphatic carbocycles. The molecule has 1 amide bonds.